The predicted octanol–water partition coefficient (Wildman–Crippen LogP) is 3.32. The van der Waals surface area contributed by atoms with Gasteiger partial charge in [-0.2, -0.15) is 8.78 Å². The number of alkyl halides is 2. The molecule has 3 N–H and O–H groups in total. The molecule has 1 aliphatic rings. The van der Waals surface area contributed by atoms with Gasteiger partial charge < -0.3 is 20.3 Å². The van der Waals surface area contributed by atoms with E-state index in [0.717, 1.165) is 18.2 Å². The summed E-state index contributed by atoms with van der Waals surface area (Å²) in [6.45, 7) is -3.09. The molecular weight excluding hydrogens is 373 g/mol. The average Bonchev–Trinajstić information content (AvgIpc) is 2.92. The number of carboxylic acids is 1. The van der Waals surface area contributed by atoms with Gasteiger partial charge in [0.2, 0.25) is 0 Å². The van der Waals surface area contributed by atoms with Gasteiger partial charge in [-0.3, -0.25) is 4.79 Å². The Balaban J connectivity index is 1.70. The molecule has 6 nitrogen and oxygen atoms in total. The van der Waals surface area contributed by atoms with Crippen LogP contribution in [0.3, 0.4) is 0 Å². The second-order valence-electron chi connectivity index (χ2n) is 6.06. The molecule has 1 fully saturated rings. The number of hydrogen-bond donors (Lipinski definition) is 2. The van der Waals surface area contributed by atoms with Crippen LogP contribution in [-0.2, 0) is 11.2 Å². The van der Waals surface area contributed by atoms with Gasteiger partial charge in [0, 0.05) is 30.7 Å². The summed E-state index contributed by atoms with van der Waals surface area (Å²) in [6.07, 6.45) is -0.127. The maximum atomic E-state index is 13.4. The summed E-state index contributed by atoms with van der Waals surface area (Å²) in [7, 11) is 0. The number of carbonyl (C=O) groups is 1. The molecule has 0 spiro atoms. The van der Waals surface area contributed by atoms with Gasteiger partial charge in [-0.25, -0.2) is 9.37 Å². The lowest BCUT2D eigenvalue weighted by atomic mass is 9.64. The number of halogens is 3. The largest absolute Gasteiger partial charge is 0.486 e. The van der Waals surface area contributed by atoms with Crippen LogP contribution in [-0.4, -0.2) is 28.8 Å². The zero-order valence-corrected chi connectivity index (χ0v) is 14.1. The number of nitrogens with two attached hydrogens (primary N) is 1. The van der Waals surface area contributed by atoms with E-state index in [-0.39, 0.29) is 30.8 Å². The van der Waals surface area contributed by atoms with Gasteiger partial charge in [0.05, 0.1) is 11.1 Å². The number of ether oxygens (including phenoxy) is 2. The van der Waals surface area contributed by atoms with E-state index in [1.165, 1.54) is 11.3 Å². The minimum Gasteiger partial charge on any atom is -0.486 e. The van der Waals surface area contributed by atoms with Crippen molar-refractivity contribution in [1.82, 2.24) is 4.98 Å². The summed E-state index contributed by atoms with van der Waals surface area (Å²) < 4.78 is 48.1. The maximum absolute atomic E-state index is 13.4. The van der Waals surface area contributed by atoms with Crippen LogP contribution in [0.1, 0.15) is 18.5 Å². The molecule has 1 saturated carbocycles. The van der Waals surface area contributed by atoms with E-state index in [9.17, 15) is 23.1 Å². The number of carboxylic acid groups (broad SMARTS) is 1. The van der Waals surface area contributed by atoms with E-state index >= 15 is 0 Å². The number of thiazole rings is 1. The monoisotopic (exact) mass is 388 g/mol. The molecule has 2 aromatic rings. The fraction of sp³-hybridized carbons (Fsp3) is 0.375. The van der Waals surface area contributed by atoms with Crippen LogP contribution in [0, 0.1) is 11.2 Å². The number of nitrogen functional groups attached to an aromatic ring is 1. The molecule has 3 rings (SSSR count). The van der Waals surface area contributed by atoms with Crippen LogP contribution in [0.2, 0.25) is 0 Å². The first-order valence-corrected chi connectivity index (χ1v) is 8.50. The van der Waals surface area contributed by atoms with Gasteiger partial charge in [0.25, 0.3) is 0 Å². The number of aromatic nitrogens is 1. The van der Waals surface area contributed by atoms with E-state index in [4.69, 9.17) is 10.5 Å². The van der Waals surface area contributed by atoms with Crippen molar-refractivity contribution in [3.05, 3.63) is 35.1 Å². The van der Waals surface area contributed by atoms with E-state index in [1.807, 2.05) is 0 Å². The number of rotatable bonds is 7. The minimum absolute atomic E-state index is 0.129. The number of hydrogen-bond acceptors (Lipinski definition) is 6. The summed E-state index contributed by atoms with van der Waals surface area (Å²) in [6, 6.07) is 2.94. The topological polar surface area (TPSA) is 94.7 Å². The fourth-order valence-corrected chi connectivity index (χ4v) is 3.55. The zero-order valence-electron chi connectivity index (χ0n) is 13.3. The van der Waals surface area contributed by atoms with Crippen molar-refractivity contribution in [1.29, 1.82) is 0 Å². The molecule has 0 bridgehead atoms. The predicted molar refractivity (Wildman–Crippen MR) is 87.0 cm³/mol. The molecule has 1 aromatic heterocycles. The lowest BCUT2D eigenvalue weighted by Crippen LogP contribution is -2.50. The standard InChI is InChI=1S/C16H15F3N2O4S/c17-8-1-2-11(25-14(18)19)12(3-8)24-10-5-16(6-10,13(22)23)4-9-7-26-15(20)21-9/h1-3,7,10,14H,4-6H2,(H2,20,21)(H,22,23). The highest BCUT2D eigenvalue weighted by Gasteiger charge is 2.52. The summed E-state index contributed by atoms with van der Waals surface area (Å²) in [5.74, 6) is -2.18. The summed E-state index contributed by atoms with van der Waals surface area (Å²) >= 11 is 1.22. The van der Waals surface area contributed by atoms with Crippen LogP contribution >= 0.6 is 11.3 Å². The van der Waals surface area contributed by atoms with Gasteiger partial charge >= 0.3 is 12.6 Å². The SMILES string of the molecule is Nc1nc(CC2(C(=O)O)CC(Oc3cc(F)ccc3OC(F)F)C2)cs1. The molecule has 0 radical (unpaired) electrons. The maximum Gasteiger partial charge on any atom is 0.387 e. The van der Waals surface area contributed by atoms with Crippen LogP contribution in [0.5, 0.6) is 11.5 Å². The highest BCUT2D eigenvalue weighted by atomic mass is 32.1. The molecule has 1 aromatic carbocycles. The Morgan fingerprint density at radius 3 is 2.73 bits per heavy atom. The Hall–Kier alpha value is -2.49. The Labute approximate surface area is 150 Å². The number of benzene rings is 1. The minimum atomic E-state index is -3.09. The van der Waals surface area contributed by atoms with Crippen molar-refractivity contribution in [2.75, 3.05) is 5.73 Å². The summed E-state index contributed by atoms with van der Waals surface area (Å²) in [5.41, 5.74) is 5.05. The van der Waals surface area contributed by atoms with Crippen LogP contribution in [0.4, 0.5) is 18.3 Å². The first-order valence-electron chi connectivity index (χ1n) is 7.62. The van der Waals surface area contributed by atoms with E-state index < -0.39 is 29.9 Å². The lowest BCUT2D eigenvalue weighted by molar-refractivity contribution is -0.161. The van der Waals surface area contributed by atoms with E-state index in [0.29, 0.717) is 10.8 Å². The third-order valence-electron chi connectivity index (χ3n) is 4.19. The first-order chi connectivity index (χ1) is 12.3. The van der Waals surface area contributed by atoms with Crippen molar-refractivity contribution in [3.8, 4) is 11.5 Å². The lowest BCUT2D eigenvalue weighted by Gasteiger charge is -2.43. The Morgan fingerprint density at radius 2 is 2.15 bits per heavy atom. The van der Waals surface area contributed by atoms with Crippen molar-refractivity contribution < 1.29 is 32.5 Å². The fourth-order valence-electron chi connectivity index (χ4n) is 2.99. The van der Waals surface area contributed by atoms with Crippen LogP contribution in [0.15, 0.2) is 23.6 Å². The molecule has 0 unspecified atom stereocenters. The molecule has 1 heterocycles. The smallest absolute Gasteiger partial charge is 0.387 e. The van der Waals surface area contributed by atoms with Gasteiger partial charge in [-0.15, -0.1) is 11.3 Å². The number of nitrogens with zero attached hydrogens (tertiary/aromatic N) is 1. The summed E-state index contributed by atoms with van der Waals surface area (Å²) in [5, 5.41) is 11.6. The Kier molecular flexibility index (Phi) is 4.94. The highest BCUT2D eigenvalue weighted by molar-refractivity contribution is 7.13. The molecule has 0 saturated heterocycles. The van der Waals surface area contributed by atoms with E-state index in [1.54, 1.807) is 5.38 Å². The normalized spacial score (nSPS) is 22.1. The highest BCUT2D eigenvalue weighted by Crippen LogP contribution is 2.47. The molecule has 140 valence electrons. The van der Waals surface area contributed by atoms with E-state index in [2.05, 4.69) is 9.72 Å². The second kappa shape index (κ2) is 7.02. The number of aliphatic carboxylic acids is 1. The molecule has 26 heavy (non-hydrogen) atoms. The van der Waals surface area contributed by atoms with Crippen molar-refractivity contribution in [2.24, 2.45) is 5.41 Å². The van der Waals surface area contributed by atoms with Gasteiger partial charge in [-0.1, -0.05) is 0 Å². The van der Waals surface area contributed by atoms with Crippen molar-refractivity contribution >= 4 is 22.4 Å². The molecule has 0 amide bonds. The van der Waals surface area contributed by atoms with Gasteiger partial charge in [0.1, 0.15) is 11.9 Å². The molecule has 0 atom stereocenters. The Bertz CT molecular complexity index is 809. The number of anilines is 1. The van der Waals surface area contributed by atoms with Crippen molar-refractivity contribution in [2.45, 2.75) is 32.0 Å². The molecule has 10 heteroatoms. The third kappa shape index (κ3) is 3.85. The molecular formula is C16H15F3N2O4S. The first kappa shape index (κ1) is 18.3. The summed E-state index contributed by atoms with van der Waals surface area (Å²) in [4.78, 5) is 15.8. The average molecular weight is 388 g/mol. The van der Waals surface area contributed by atoms with Gasteiger partial charge in [0.15, 0.2) is 16.6 Å². The Morgan fingerprint density at radius 1 is 1.42 bits per heavy atom. The second-order valence-corrected chi connectivity index (χ2v) is 6.95. The van der Waals surface area contributed by atoms with Crippen LogP contribution < -0.4 is 15.2 Å². The van der Waals surface area contributed by atoms with Crippen molar-refractivity contribution in [3.63, 3.8) is 0 Å². The quantitative estimate of drug-likeness (QED) is 0.756. The van der Waals surface area contributed by atoms with Crippen LogP contribution in [0.25, 0.3) is 0 Å². The third-order valence-corrected chi connectivity index (χ3v) is 4.92. The molecule has 0 aliphatic heterocycles. The van der Waals surface area contributed by atoms with Gasteiger partial charge in [-0.05, 0) is 12.1 Å². The molecule has 1 aliphatic carbocycles. The zero-order chi connectivity index (χ0) is 18.9.